The maximum atomic E-state index is 9.75. The van der Waals surface area contributed by atoms with Gasteiger partial charge in [0.2, 0.25) is 0 Å². The summed E-state index contributed by atoms with van der Waals surface area (Å²) >= 11 is 0. The van der Waals surface area contributed by atoms with Crippen LogP contribution in [0.4, 0.5) is 0 Å². The molecule has 4 atom stereocenters. The average molecular weight is 333 g/mol. The van der Waals surface area contributed by atoms with Crippen LogP contribution >= 0.6 is 0 Å². The predicted octanol–water partition coefficient (Wildman–Crippen LogP) is 6.20. The van der Waals surface area contributed by atoms with Gasteiger partial charge in [-0.05, 0) is 125 Å². The molecule has 0 amide bonds. The first-order valence-corrected chi connectivity index (χ1v) is 11.4. The lowest BCUT2D eigenvalue weighted by Gasteiger charge is -2.45. The fourth-order valence-corrected chi connectivity index (χ4v) is 7.25. The highest BCUT2D eigenvalue weighted by Crippen LogP contribution is 2.50. The van der Waals surface area contributed by atoms with E-state index in [4.69, 9.17) is 0 Å². The Morgan fingerprint density at radius 2 is 0.833 bits per heavy atom. The zero-order valence-electron chi connectivity index (χ0n) is 16.0. The third-order valence-electron chi connectivity index (χ3n) is 8.81. The maximum absolute atomic E-state index is 9.75. The van der Waals surface area contributed by atoms with Crippen LogP contribution in [0, 0.1) is 41.4 Å². The highest BCUT2D eigenvalue weighted by Gasteiger charge is 2.39. The van der Waals surface area contributed by atoms with Crippen LogP contribution in [0.15, 0.2) is 0 Å². The Hall–Kier alpha value is -0.0400. The standard InChI is InChI=1S/C23H40O/c1-16-2-3-22-15-21(9-8-20(22)14-16)19-6-4-17(5-7-19)18-10-12-23(24)13-11-18/h16-24H,2-15H2,1H3. The molecule has 0 aromatic heterocycles. The lowest BCUT2D eigenvalue weighted by Crippen LogP contribution is -2.35. The summed E-state index contributed by atoms with van der Waals surface area (Å²) < 4.78 is 0. The third-order valence-corrected chi connectivity index (χ3v) is 8.81. The van der Waals surface area contributed by atoms with Gasteiger partial charge in [0.25, 0.3) is 0 Å². The number of rotatable bonds is 2. The van der Waals surface area contributed by atoms with Crippen molar-refractivity contribution >= 4 is 0 Å². The topological polar surface area (TPSA) is 20.2 Å². The predicted molar refractivity (Wildman–Crippen MR) is 101 cm³/mol. The van der Waals surface area contributed by atoms with Gasteiger partial charge >= 0.3 is 0 Å². The van der Waals surface area contributed by atoms with E-state index in [0.717, 1.165) is 54.3 Å². The minimum Gasteiger partial charge on any atom is -0.393 e. The highest BCUT2D eigenvalue weighted by atomic mass is 16.3. The molecule has 0 radical (unpaired) electrons. The van der Waals surface area contributed by atoms with Crippen LogP contribution in [-0.4, -0.2) is 11.2 Å². The second-order valence-electron chi connectivity index (χ2n) is 10.3. The van der Waals surface area contributed by atoms with E-state index in [1.54, 1.807) is 25.7 Å². The van der Waals surface area contributed by atoms with Crippen LogP contribution in [0.3, 0.4) is 0 Å². The van der Waals surface area contributed by atoms with Gasteiger partial charge < -0.3 is 5.11 Å². The number of aliphatic hydroxyl groups is 1. The summed E-state index contributed by atoms with van der Waals surface area (Å²) in [6, 6.07) is 0. The normalized spacial score (nSPS) is 50.2. The molecule has 1 nitrogen and oxygen atoms in total. The molecule has 138 valence electrons. The fourth-order valence-electron chi connectivity index (χ4n) is 7.25. The number of hydrogen-bond acceptors (Lipinski definition) is 1. The van der Waals surface area contributed by atoms with Crippen LogP contribution in [0.25, 0.3) is 0 Å². The van der Waals surface area contributed by atoms with Crippen LogP contribution in [0.2, 0.25) is 0 Å². The van der Waals surface area contributed by atoms with E-state index in [2.05, 4.69) is 6.92 Å². The van der Waals surface area contributed by atoms with E-state index in [9.17, 15) is 5.11 Å². The van der Waals surface area contributed by atoms with Crippen LogP contribution < -0.4 is 0 Å². The largest absolute Gasteiger partial charge is 0.393 e. The molecule has 4 saturated carbocycles. The van der Waals surface area contributed by atoms with Gasteiger partial charge in [0.1, 0.15) is 0 Å². The van der Waals surface area contributed by atoms with E-state index in [1.165, 1.54) is 51.4 Å². The van der Waals surface area contributed by atoms with Gasteiger partial charge in [0, 0.05) is 0 Å². The molecule has 4 aliphatic rings. The molecule has 4 fully saturated rings. The Morgan fingerprint density at radius 1 is 0.458 bits per heavy atom. The molecule has 4 rings (SSSR count). The quantitative estimate of drug-likeness (QED) is 0.638. The maximum Gasteiger partial charge on any atom is 0.0540 e. The minimum atomic E-state index is 0.0194. The van der Waals surface area contributed by atoms with E-state index in [-0.39, 0.29) is 6.10 Å². The lowest BCUT2D eigenvalue weighted by molar-refractivity contribution is 0.0456. The zero-order chi connectivity index (χ0) is 16.5. The van der Waals surface area contributed by atoms with Crippen molar-refractivity contribution < 1.29 is 5.11 Å². The first kappa shape index (κ1) is 17.4. The van der Waals surface area contributed by atoms with Crippen molar-refractivity contribution in [2.45, 2.75) is 103 Å². The lowest BCUT2D eigenvalue weighted by atomic mass is 9.60. The van der Waals surface area contributed by atoms with E-state index in [1.807, 2.05) is 0 Å². The van der Waals surface area contributed by atoms with Crippen molar-refractivity contribution in [1.82, 2.24) is 0 Å². The van der Waals surface area contributed by atoms with Crippen molar-refractivity contribution in [1.29, 1.82) is 0 Å². The molecule has 1 heteroatoms. The van der Waals surface area contributed by atoms with Gasteiger partial charge in [-0.15, -0.1) is 0 Å². The smallest absolute Gasteiger partial charge is 0.0540 e. The summed E-state index contributed by atoms with van der Waals surface area (Å²) in [4.78, 5) is 0. The summed E-state index contributed by atoms with van der Waals surface area (Å²) in [5, 5.41) is 9.75. The second kappa shape index (κ2) is 7.68. The van der Waals surface area contributed by atoms with Gasteiger partial charge in [-0.2, -0.15) is 0 Å². The van der Waals surface area contributed by atoms with Crippen molar-refractivity contribution in [3.8, 4) is 0 Å². The van der Waals surface area contributed by atoms with Gasteiger partial charge in [-0.3, -0.25) is 0 Å². The number of aliphatic hydroxyl groups excluding tert-OH is 1. The summed E-state index contributed by atoms with van der Waals surface area (Å²) in [6.45, 7) is 2.48. The molecule has 4 unspecified atom stereocenters. The molecule has 1 N–H and O–H groups in total. The van der Waals surface area contributed by atoms with Crippen LogP contribution in [0.5, 0.6) is 0 Å². The third kappa shape index (κ3) is 3.87. The Bertz CT molecular complexity index is 389. The van der Waals surface area contributed by atoms with E-state index in [0.29, 0.717) is 0 Å². The van der Waals surface area contributed by atoms with Crippen LogP contribution in [0.1, 0.15) is 96.8 Å². The molecule has 0 bridgehead atoms. The van der Waals surface area contributed by atoms with Crippen molar-refractivity contribution in [3.63, 3.8) is 0 Å². The van der Waals surface area contributed by atoms with E-state index >= 15 is 0 Å². The molecule has 0 aliphatic heterocycles. The van der Waals surface area contributed by atoms with Gasteiger partial charge in [0.05, 0.1) is 6.10 Å². The molecular weight excluding hydrogens is 292 g/mol. The van der Waals surface area contributed by atoms with Crippen LogP contribution in [-0.2, 0) is 0 Å². The first-order valence-electron chi connectivity index (χ1n) is 11.4. The Balaban J connectivity index is 1.24. The zero-order valence-corrected chi connectivity index (χ0v) is 16.0. The van der Waals surface area contributed by atoms with Gasteiger partial charge in [-0.25, -0.2) is 0 Å². The van der Waals surface area contributed by atoms with Gasteiger partial charge in [-0.1, -0.05) is 13.3 Å². The molecule has 0 aromatic carbocycles. The molecule has 4 aliphatic carbocycles. The molecule has 0 aromatic rings. The minimum absolute atomic E-state index is 0.0194. The van der Waals surface area contributed by atoms with Gasteiger partial charge in [0.15, 0.2) is 0 Å². The molecule has 0 spiro atoms. The summed E-state index contributed by atoms with van der Waals surface area (Å²) in [5.41, 5.74) is 0. The Labute approximate surface area is 150 Å². The number of fused-ring (bicyclic) bond motifs is 1. The fraction of sp³-hybridized carbons (Fsp3) is 1.00. The summed E-state index contributed by atoms with van der Waals surface area (Å²) in [5.74, 6) is 7.29. The highest BCUT2D eigenvalue weighted by molar-refractivity contribution is 4.90. The van der Waals surface area contributed by atoms with Crippen molar-refractivity contribution in [2.75, 3.05) is 0 Å². The second-order valence-corrected chi connectivity index (χ2v) is 10.3. The summed E-state index contributed by atoms with van der Waals surface area (Å²) in [6.07, 6.45) is 20.2. The van der Waals surface area contributed by atoms with Crippen molar-refractivity contribution in [2.24, 2.45) is 41.4 Å². The van der Waals surface area contributed by atoms with E-state index < -0.39 is 0 Å². The Kier molecular flexibility index (Phi) is 5.56. The molecule has 24 heavy (non-hydrogen) atoms. The monoisotopic (exact) mass is 332 g/mol. The average Bonchev–Trinajstić information content (AvgIpc) is 2.62. The number of hydrogen-bond donors (Lipinski definition) is 1. The molecule has 0 heterocycles. The molecule has 0 saturated heterocycles. The summed E-state index contributed by atoms with van der Waals surface area (Å²) in [7, 11) is 0. The Morgan fingerprint density at radius 3 is 1.46 bits per heavy atom. The SMILES string of the molecule is CC1CCC2CC(C3CCC(C4CCC(O)CC4)CC3)CCC2C1. The molecular formula is C23H40O. The van der Waals surface area contributed by atoms with Crippen molar-refractivity contribution in [3.05, 3.63) is 0 Å². The first-order chi connectivity index (χ1) is 11.7.